The van der Waals surface area contributed by atoms with Gasteiger partial charge in [0.15, 0.2) is 0 Å². The Hall–Kier alpha value is -1.53. The Morgan fingerprint density at radius 3 is 2.18 bits per heavy atom. The lowest BCUT2D eigenvalue weighted by atomic mass is 9.97. The van der Waals surface area contributed by atoms with E-state index in [1.54, 1.807) is 4.90 Å². The number of benzene rings is 1. The second-order valence-electron chi connectivity index (χ2n) is 7.47. The molecule has 1 aromatic rings. The van der Waals surface area contributed by atoms with Gasteiger partial charge in [0.25, 0.3) is 0 Å². The van der Waals surface area contributed by atoms with Gasteiger partial charge in [-0.1, -0.05) is 0 Å². The van der Waals surface area contributed by atoms with Crippen molar-refractivity contribution in [3.05, 3.63) is 24.3 Å². The van der Waals surface area contributed by atoms with Crippen LogP contribution in [0.15, 0.2) is 34.1 Å². The molecule has 1 saturated heterocycles. The van der Waals surface area contributed by atoms with Gasteiger partial charge in [-0.3, -0.25) is 4.79 Å². The van der Waals surface area contributed by atoms with Gasteiger partial charge in [0.2, 0.25) is 26.0 Å². The van der Waals surface area contributed by atoms with Crippen LogP contribution in [-0.2, 0) is 24.8 Å². The maximum Gasteiger partial charge on any atom is 0.240 e. The minimum Gasteiger partial charge on any atom is -0.341 e. The number of likely N-dealkylation sites (tertiary alicyclic amines) is 1. The van der Waals surface area contributed by atoms with E-state index in [2.05, 4.69) is 4.72 Å². The van der Waals surface area contributed by atoms with E-state index in [4.69, 9.17) is 10.9 Å². The second-order valence-corrected chi connectivity index (χ2v) is 10.7. The van der Waals surface area contributed by atoms with E-state index >= 15 is 0 Å². The number of hydrogen-bond acceptors (Lipinski definition) is 6. The van der Waals surface area contributed by atoms with Crippen LogP contribution in [0, 0.1) is 5.92 Å². The predicted octanol–water partition coefficient (Wildman–Crippen LogP) is -0.269. The van der Waals surface area contributed by atoms with Crippen LogP contribution in [0.1, 0.15) is 32.1 Å². The molecule has 11 heteroatoms. The summed E-state index contributed by atoms with van der Waals surface area (Å²) in [5.74, 6) is -0.116. The van der Waals surface area contributed by atoms with Gasteiger partial charge in [-0.05, 0) is 62.3 Å². The van der Waals surface area contributed by atoms with E-state index in [-0.39, 0.29) is 27.7 Å². The standard InChI is InChI=1S/C17H26N4O5S2/c18-16(17(22)21-9-1-2-10-21)12-3-4-13(11-12)20-28(25,26)15-7-5-14(6-8-15)27(19,23)24/h5-8,12-13,16,20H,1-4,9-11,18H2,(H2,19,23,24)/t12-,13+,16+/m1/s1. The minimum absolute atomic E-state index is 0.0409. The second kappa shape index (κ2) is 8.07. The van der Waals surface area contributed by atoms with E-state index in [0.717, 1.165) is 38.1 Å². The molecule has 0 aromatic heterocycles. The average molecular weight is 431 g/mol. The maximum atomic E-state index is 12.6. The smallest absolute Gasteiger partial charge is 0.240 e. The van der Waals surface area contributed by atoms with Gasteiger partial charge in [0.05, 0.1) is 15.8 Å². The Kier molecular flexibility index (Phi) is 6.11. The van der Waals surface area contributed by atoms with Crippen LogP contribution in [-0.4, -0.2) is 52.8 Å². The van der Waals surface area contributed by atoms with Crippen molar-refractivity contribution < 1.29 is 21.6 Å². The number of nitrogens with two attached hydrogens (primary N) is 2. The molecule has 3 atom stereocenters. The average Bonchev–Trinajstić information content (AvgIpc) is 3.31. The lowest BCUT2D eigenvalue weighted by Crippen LogP contribution is -2.46. The quantitative estimate of drug-likeness (QED) is 0.565. The van der Waals surface area contributed by atoms with Crippen molar-refractivity contribution in [3.63, 3.8) is 0 Å². The highest BCUT2D eigenvalue weighted by molar-refractivity contribution is 7.89. The van der Waals surface area contributed by atoms with Crippen molar-refractivity contribution in [2.24, 2.45) is 16.8 Å². The highest BCUT2D eigenvalue weighted by Crippen LogP contribution is 2.30. The first-order valence-corrected chi connectivity index (χ1v) is 12.3. The number of rotatable bonds is 6. The number of primary sulfonamides is 1. The Balaban J connectivity index is 1.61. The SMILES string of the molecule is N[C@H](C(=O)N1CCCC1)[C@@H]1CC[C@H](NS(=O)(=O)c2ccc(S(N)(=O)=O)cc2)C1. The fourth-order valence-electron chi connectivity index (χ4n) is 3.90. The van der Waals surface area contributed by atoms with Crippen LogP contribution in [0.2, 0.25) is 0 Å². The van der Waals surface area contributed by atoms with E-state index in [0.29, 0.717) is 19.3 Å². The molecule has 28 heavy (non-hydrogen) atoms. The van der Waals surface area contributed by atoms with Gasteiger partial charge >= 0.3 is 0 Å². The highest BCUT2D eigenvalue weighted by Gasteiger charge is 2.36. The van der Waals surface area contributed by atoms with Crippen molar-refractivity contribution in [3.8, 4) is 0 Å². The minimum atomic E-state index is -3.88. The summed E-state index contributed by atoms with van der Waals surface area (Å²) in [7, 11) is -7.70. The lowest BCUT2D eigenvalue weighted by Gasteiger charge is -2.24. The fraction of sp³-hybridized carbons (Fsp3) is 0.588. The Morgan fingerprint density at radius 2 is 1.61 bits per heavy atom. The summed E-state index contributed by atoms with van der Waals surface area (Å²) in [6.07, 6.45) is 3.76. The number of carbonyl (C=O) groups is 1. The molecule has 2 fully saturated rings. The molecule has 3 rings (SSSR count). The largest absolute Gasteiger partial charge is 0.341 e. The normalized spacial score (nSPS) is 24.4. The number of nitrogens with zero attached hydrogens (tertiary/aromatic N) is 1. The van der Waals surface area contributed by atoms with E-state index in [1.165, 1.54) is 12.1 Å². The summed E-state index contributed by atoms with van der Waals surface area (Å²) in [6, 6.07) is 3.80. The molecule has 1 amide bonds. The summed E-state index contributed by atoms with van der Waals surface area (Å²) in [5, 5.41) is 5.03. The molecule has 1 aliphatic heterocycles. The van der Waals surface area contributed by atoms with Crippen LogP contribution in [0.25, 0.3) is 0 Å². The molecule has 2 aliphatic rings. The third kappa shape index (κ3) is 4.71. The number of amides is 1. The molecule has 1 heterocycles. The van der Waals surface area contributed by atoms with Crippen molar-refractivity contribution in [2.75, 3.05) is 13.1 Å². The molecule has 0 spiro atoms. The summed E-state index contributed by atoms with van der Waals surface area (Å²) in [6.45, 7) is 1.48. The van der Waals surface area contributed by atoms with Crippen LogP contribution < -0.4 is 15.6 Å². The van der Waals surface area contributed by atoms with Crippen LogP contribution in [0.5, 0.6) is 0 Å². The zero-order valence-corrected chi connectivity index (χ0v) is 17.1. The van der Waals surface area contributed by atoms with Gasteiger partial charge < -0.3 is 10.6 Å². The summed E-state index contributed by atoms with van der Waals surface area (Å²) < 4.78 is 50.4. The van der Waals surface area contributed by atoms with E-state index in [9.17, 15) is 21.6 Å². The summed E-state index contributed by atoms with van der Waals surface area (Å²) in [4.78, 5) is 14.1. The van der Waals surface area contributed by atoms with Gasteiger partial charge in [-0.2, -0.15) is 0 Å². The van der Waals surface area contributed by atoms with Crippen molar-refractivity contribution in [1.82, 2.24) is 9.62 Å². The van der Waals surface area contributed by atoms with Crippen molar-refractivity contribution in [1.29, 1.82) is 0 Å². The Morgan fingerprint density at radius 1 is 1.04 bits per heavy atom. The number of nitrogens with one attached hydrogen (secondary N) is 1. The molecule has 1 saturated carbocycles. The molecule has 0 bridgehead atoms. The monoisotopic (exact) mass is 430 g/mol. The number of sulfonamides is 2. The summed E-state index contributed by atoms with van der Waals surface area (Å²) in [5.41, 5.74) is 6.16. The molecule has 156 valence electrons. The van der Waals surface area contributed by atoms with Crippen LogP contribution in [0.4, 0.5) is 0 Å². The molecular weight excluding hydrogens is 404 g/mol. The molecule has 9 nitrogen and oxygen atoms in total. The molecule has 0 unspecified atom stereocenters. The third-order valence-electron chi connectivity index (χ3n) is 5.47. The number of carbonyl (C=O) groups excluding carboxylic acids is 1. The van der Waals surface area contributed by atoms with Gasteiger partial charge in [-0.15, -0.1) is 0 Å². The lowest BCUT2D eigenvalue weighted by molar-refractivity contribution is -0.132. The topological polar surface area (TPSA) is 153 Å². The predicted molar refractivity (Wildman–Crippen MR) is 103 cm³/mol. The molecule has 0 radical (unpaired) electrons. The Labute approximate surface area is 165 Å². The molecule has 1 aromatic carbocycles. The first-order valence-electron chi connectivity index (χ1n) is 9.27. The molecular formula is C17H26N4O5S2. The zero-order valence-electron chi connectivity index (χ0n) is 15.5. The first kappa shape index (κ1) is 21.2. The highest BCUT2D eigenvalue weighted by atomic mass is 32.2. The summed E-state index contributed by atoms with van der Waals surface area (Å²) >= 11 is 0. The Bertz CT molecular complexity index is 925. The fourth-order valence-corrected chi connectivity index (χ4v) is 5.69. The van der Waals surface area contributed by atoms with Crippen LogP contribution >= 0.6 is 0 Å². The molecule has 5 N–H and O–H groups in total. The van der Waals surface area contributed by atoms with Crippen molar-refractivity contribution in [2.45, 2.75) is 54.0 Å². The van der Waals surface area contributed by atoms with Gasteiger partial charge in [0, 0.05) is 19.1 Å². The van der Waals surface area contributed by atoms with Gasteiger partial charge in [0.1, 0.15) is 0 Å². The van der Waals surface area contributed by atoms with E-state index < -0.39 is 26.1 Å². The van der Waals surface area contributed by atoms with E-state index in [1.807, 2.05) is 0 Å². The molecule has 1 aliphatic carbocycles. The zero-order chi connectivity index (χ0) is 20.5. The van der Waals surface area contributed by atoms with Gasteiger partial charge in [-0.25, -0.2) is 26.7 Å². The number of hydrogen-bond donors (Lipinski definition) is 3. The maximum absolute atomic E-state index is 12.6. The van der Waals surface area contributed by atoms with Crippen LogP contribution in [0.3, 0.4) is 0 Å². The third-order valence-corrected chi connectivity index (χ3v) is 7.93. The first-order chi connectivity index (χ1) is 13.1. The van der Waals surface area contributed by atoms with Crippen molar-refractivity contribution >= 4 is 26.0 Å².